The third-order valence-corrected chi connectivity index (χ3v) is 13.5. The normalized spacial score (nSPS) is 12.0. The molecule has 0 spiro atoms. The Morgan fingerprint density at radius 2 is 0.909 bits per heavy atom. The number of hydrogen-bond donors (Lipinski definition) is 0. The summed E-state index contributed by atoms with van der Waals surface area (Å²) in [6.45, 7) is 0. The van der Waals surface area contributed by atoms with Gasteiger partial charge < -0.3 is 0 Å². The van der Waals surface area contributed by atoms with Crippen LogP contribution in [0.3, 0.4) is 0 Å². The van der Waals surface area contributed by atoms with Gasteiger partial charge in [-0.3, -0.25) is 4.57 Å². The van der Waals surface area contributed by atoms with Crippen molar-refractivity contribution in [1.29, 1.82) is 0 Å². The second-order valence-corrected chi connectivity index (χ2v) is 16.4. The molecule has 2 nitrogen and oxygen atoms in total. The van der Waals surface area contributed by atoms with Crippen LogP contribution in [0.2, 0.25) is 0 Å². The highest BCUT2D eigenvalue weighted by Crippen LogP contribution is 2.50. The monoisotopic (exact) mass is 734 g/mol. The van der Waals surface area contributed by atoms with E-state index in [0.717, 1.165) is 22.6 Å². The van der Waals surface area contributed by atoms with Gasteiger partial charge in [0.25, 0.3) is 0 Å². The number of thiophene rings is 2. The molecule has 0 N–H and O–H groups in total. The van der Waals surface area contributed by atoms with Crippen molar-refractivity contribution in [3.05, 3.63) is 182 Å². The van der Waals surface area contributed by atoms with E-state index in [1.54, 1.807) is 0 Å². The summed E-state index contributed by atoms with van der Waals surface area (Å²) in [5.41, 5.74) is 9.38. The lowest BCUT2D eigenvalue weighted by molar-refractivity contribution is 1.10. The maximum Gasteiger partial charge on any atom is 0.139 e. The Morgan fingerprint density at radius 1 is 0.364 bits per heavy atom. The molecule has 0 saturated carbocycles. The van der Waals surface area contributed by atoms with Gasteiger partial charge in [0.05, 0.1) is 26.1 Å². The second kappa shape index (κ2) is 12.0. The van der Waals surface area contributed by atoms with Crippen molar-refractivity contribution < 1.29 is 0 Å². The van der Waals surface area contributed by atoms with Gasteiger partial charge in [0.15, 0.2) is 0 Å². The first-order valence-electron chi connectivity index (χ1n) is 18.6. The van der Waals surface area contributed by atoms with E-state index in [1.807, 2.05) is 22.7 Å². The van der Waals surface area contributed by atoms with Crippen LogP contribution in [0.4, 0.5) is 0 Å². The van der Waals surface area contributed by atoms with Gasteiger partial charge in [0.1, 0.15) is 5.82 Å². The Hall–Kier alpha value is -6.59. The second-order valence-electron chi connectivity index (χ2n) is 14.3. The third kappa shape index (κ3) is 4.62. The smallest absolute Gasteiger partial charge is 0.139 e. The highest BCUT2D eigenvalue weighted by atomic mass is 32.1. The Kier molecular flexibility index (Phi) is 6.70. The van der Waals surface area contributed by atoms with E-state index in [2.05, 4.69) is 187 Å². The minimum absolute atomic E-state index is 0.932. The molecule has 0 radical (unpaired) electrons. The predicted molar refractivity (Wildman–Crippen MR) is 238 cm³/mol. The molecule has 0 aliphatic carbocycles. The summed E-state index contributed by atoms with van der Waals surface area (Å²) in [4.78, 5) is 5.66. The van der Waals surface area contributed by atoms with Crippen molar-refractivity contribution in [1.82, 2.24) is 9.55 Å². The molecule has 0 unspecified atom stereocenters. The number of nitrogens with zero attached hydrogens (tertiary/aromatic N) is 2. The van der Waals surface area contributed by atoms with Gasteiger partial charge in [-0.2, -0.15) is 0 Å². The maximum absolute atomic E-state index is 5.66. The van der Waals surface area contributed by atoms with E-state index < -0.39 is 0 Å². The molecule has 0 aliphatic rings. The Labute approximate surface area is 324 Å². The molecule has 0 aliphatic heterocycles. The molecule has 0 atom stereocenters. The fourth-order valence-electron chi connectivity index (χ4n) is 8.71. The third-order valence-electron chi connectivity index (χ3n) is 11.2. The largest absolute Gasteiger partial charge is 0.292 e. The zero-order valence-corrected chi connectivity index (χ0v) is 31.2. The van der Waals surface area contributed by atoms with Crippen LogP contribution in [-0.2, 0) is 0 Å². The highest BCUT2D eigenvalue weighted by Gasteiger charge is 2.24. The number of benzene rings is 8. The first-order valence-corrected chi connectivity index (χ1v) is 20.3. The lowest BCUT2D eigenvalue weighted by Crippen LogP contribution is -1.99. The number of aromatic nitrogens is 2. The summed E-state index contributed by atoms with van der Waals surface area (Å²) in [6.07, 6.45) is 0. The molecule has 12 rings (SSSR count). The van der Waals surface area contributed by atoms with Crippen LogP contribution in [0.25, 0.3) is 112 Å². The summed E-state index contributed by atoms with van der Waals surface area (Å²) < 4.78 is 7.53. The fourth-order valence-corrected chi connectivity index (χ4v) is 11.1. The zero-order chi connectivity index (χ0) is 36.0. The molecular weight excluding hydrogens is 705 g/mol. The summed E-state index contributed by atoms with van der Waals surface area (Å²) in [7, 11) is 0. The molecule has 0 amide bonds. The molecule has 8 aromatic carbocycles. The lowest BCUT2D eigenvalue weighted by atomic mass is 9.96. The van der Waals surface area contributed by atoms with Crippen molar-refractivity contribution in [3.8, 4) is 39.3 Å². The molecule has 0 fully saturated rings. The molecule has 4 heteroatoms. The van der Waals surface area contributed by atoms with Gasteiger partial charge in [0.2, 0.25) is 0 Å². The molecule has 4 heterocycles. The topological polar surface area (TPSA) is 17.8 Å². The van der Waals surface area contributed by atoms with E-state index in [0.29, 0.717) is 0 Å². The van der Waals surface area contributed by atoms with Gasteiger partial charge in [-0.15, -0.1) is 22.7 Å². The van der Waals surface area contributed by atoms with Crippen LogP contribution < -0.4 is 0 Å². The van der Waals surface area contributed by atoms with Gasteiger partial charge in [-0.1, -0.05) is 146 Å². The first-order chi connectivity index (χ1) is 27.3. The molecule has 0 saturated heterocycles. The van der Waals surface area contributed by atoms with E-state index in [4.69, 9.17) is 4.98 Å². The molecule has 256 valence electrons. The minimum atomic E-state index is 0.932. The summed E-state index contributed by atoms with van der Waals surface area (Å²) >= 11 is 3.73. The van der Waals surface area contributed by atoms with Crippen LogP contribution >= 0.6 is 22.7 Å². The van der Waals surface area contributed by atoms with Crippen molar-refractivity contribution in [3.63, 3.8) is 0 Å². The number of fused-ring (bicyclic) bond motifs is 13. The fraction of sp³-hybridized carbons (Fsp3) is 0. The van der Waals surface area contributed by atoms with Crippen LogP contribution in [-0.4, -0.2) is 9.55 Å². The zero-order valence-electron chi connectivity index (χ0n) is 29.5. The summed E-state index contributed by atoms with van der Waals surface area (Å²) in [6, 6.07) is 66.3. The predicted octanol–water partition coefficient (Wildman–Crippen LogP) is 15.1. The van der Waals surface area contributed by atoms with Crippen molar-refractivity contribution in [2.75, 3.05) is 0 Å². The van der Waals surface area contributed by atoms with Gasteiger partial charge in [-0.05, 0) is 69.4 Å². The summed E-state index contributed by atoms with van der Waals surface area (Å²) in [5.74, 6) is 0.932. The number of rotatable bonds is 4. The Morgan fingerprint density at radius 3 is 1.62 bits per heavy atom. The van der Waals surface area contributed by atoms with E-state index in [-0.39, 0.29) is 0 Å². The number of hydrogen-bond acceptors (Lipinski definition) is 3. The van der Waals surface area contributed by atoms with Gasteiger partial charge in [0, 0.05) is 47.3 Å². The van der Waals surface area contributed by atoms with Crippen molar-refractivity contribution in [2.45, 2.75) is 0 Å². The van der Waals surface area contributed by atoms with Gasteiger partial charge >= 0.3 is 0 Å². The Balaban J connectivity index is 1.28. The molecule has 12 aromatic rings. The number of pyridine rings is 1. The van der Waals surface area contributed by atoms with Crippen LogP contribution in [0.1, 0.15) is 0 Å². The van der Waals surface area contributed by atoms with Crippen LogP contribution in [0.15, 0.2) is 182 Å². The average molecular weight is 735 g/mol. The van der Waals surface area contributed by atoms with Crippen LogP contribution in [0, 0.1) is 0 Å². The van der Waals surface area contributed by atoms with Gasteiger partial charge in [-0.25, -0.2) is 4.98 Å². The average Bonchev–Trinajstić information content (AvgIpc) is 3.94. The first kappa shape index (κ1) is 30.8. The lowest BCUT2D eigenvalue weighted by Gasteiger charge is -2.12. The van der Waals surface area contributed by atoms with Crippen molar-refractivity contribution >= 4 is 95.6 Å². The van der Waals surface area contributed by atoms with Crippen LogP contribution in [0.5, 0.6) is 0 Å². The van der Waals surface area contributed by atoms with E-state index in [9.17, 15) is 0 Å². The van der Waals surface area contributed by atoms with E-state index in [1.165, 1.54) is 89.7 Å². The van der Waals surface area contributed by atoms with E-state index >= 15 is 0 Å². The highest BCUT2D eigenvalue weighted by molar-refractivity contribution is 7.27. The molecule has 4 aromatic heterocycles. The minimum Gasteiger partial charge on any atom is -0.292 e. The molecule has 0 bridgehead atoms. The quantitative estimate of drug-likeness (QED) is 0.176. The maximum atomic E-state index is 5.66. The standard InChI is InChI=1S/C51H30N2S2/c1-4-14-31(15-5-1)34-24-26-42-40(28-34)46-37-21-10-11-22-38(37)47-41-29-35(32-16-6-2-7-17-32)25-27-44(41)55-51(47)49(46)53(42)45-30-39-36-20-12-13-23-43(36)54-50(39)48(52-45)33-18-8-3-9-19-33/h1-30H. The Bertz CT molecular complexity index is 3470. The molecular formula is C51H30N2S2. The van der Waals surface area contributed by atoms with Crippen molar-refractivity contribution in [2.24, 2.45) is 0 Å². The SMILES string of the molecule is c1ccc(-c2ccc3sc4c(c3c2)c2ccccc2c2c3cc(-c5ccccc5)ccc3n(-c3cc5c(sc6ccccc65)c(-c5ccccc5)n3)c42)cc1. The summed E-state index contributed by atoms with van der Waals surface area (Å²) in [5, 5.41) is 10.1. The molecule has 55 heavy (non-hydrogen) atoms.